The van der Waals surface area contributed by atoms with E-state index in [2.05, 4.69) is 28.2 Å². The van der Waals surface area contributed by atoms with E-state index in [4.69, 9.17) is 19.4 Å². The van der Waals surface area contributed by atoms with E-state index in [1.807, 2.05) is 31.2 Å². The topological polar surface area (TPSA) is 87.7 Å². The molecule has 2 heterocycles. The zero-order chi connectivity index (χ0) is 20.0. The van der Waals surface area contributed by atoms with E-state index < -0.39 is 12.1 Å². The van der Waals surface area contributed by atoms with Gasteiger partial charge in [0.1, 0.15) is 12.7 Å². The van der Waals surface area contributed by atoms with Crippen molar-refractivity contribution < 1.29 is 32.5 Å². The van der Waals surface area contributed by atoms with Gasteiger partial charge in [-0.3, -0.25) is 10.00 Å². The van der Waals surface area contributed by atoms with Crippen LogP contribution >= 0.6 is 0 Å². The summed E-state index contributed by atoms with van der Waals surface area (Å²) < 4.78 is 43.4. The van der Waals surface area contributed by atoms with Crippen LogP contribution in [0.5, 0.6) is 11.5 Å². The van der Waals surface area contributed by atoms with Gasteiger partial charge >= 0.3 is 12.1 Å². The average molecular weight is 387 g/mol. The van der Waals surface area contributed by atoms with E-state index in [9.17, 15) is 13.2 Å². The number of likely N-dealkylation sites (N-methyl/N-ethyl adjacent to an activating group) is 1. The lowest BCUT2D eigenvalue weighted by atomic mass is 10.2. The minimum absolute atomic E-state index is 0.0509. The number of H-pyrrole nitrogens is 1. The van der Waals surface area contributed by atoms with Crippen molar-refractivity contribution >= 4 is 5.97 Å². The van der Waals surface area contributed by atoms with Gasteiger partial charge in [0, 0.05) is 18.8 Å². The van der Waals surface area contributed by atoms with E-state index >= 15 is 0 Å². The second-order valence-electron chi connectivity index (χ2n) is 6.04. The zero-order valence-corrected chi connectivity index (χ0v) is 14.8. The number of benzene rings is 1. The number of hydrogen-bond donors (Lipinski definition) is 2. The number of carbonyl (C=O) groups is 1. The Balaban J connectivity index is 0.000000321. The number of aryl methyl sites for hydroxylation is 1. The third-order valence-electron chi connectivity index (χ3n) is 3.52. The van der Waals surface area contributed by atoms with Gasteiger partial charge in [0.25, 0.3) is 0 Å². The number of alkyl halides is 3. The minimum atomic E-state index is -5.08. The molecule has 2 N–H and O–H groups in total. The monoisotopic (exact) mass is 387 g/mol. The first-order valence-corrected chi connectivity index (χ1v) is 8.03. The Morgan fingerprint density at radius 3 is 2.56 bits per heavy atom. The Hall–Kier alpha value is -2.75. The molecule has 148 valence electrons. The molecule has 0 bridgehead atoms. The molecule has 0 saturated carbocycles. The van der Waals surface area contributed by atoms with Gasteiger partial charge in [-0.1, -0.05) is 12.1 Å². The van der Waals surface area contributed by atoms with E-state index in [1.54, 1.807) is 0 Å². The van der Waals surface area contributed by atoms with Crippen LogP contribution in [0.4, 0.5) is 13.2 Å². The molecule has 1 aliphatic rings. The summed E-state index contributed by atoms with van der Waals surface area (Å²) in [4.78, 5) is 11.1. The molecular weight excluding hydrogens is 367 g/mol. The number of hydrogen-bond acceptors (Lipinski definition) is 5. The molecule has 27 heavy (non-hydrogen) atoms. The molecule has 7 nitrogen and oxygen atoms in total. The summed E-state index contributed by atoms with van der Waals surface area (Å²) in [5, 5.41) is 14.3. The second-order valence-corrected chi connectivity index (χ2v) is 6.04. The van der Waals surface area contributed by atoms with E-state index in [-0.39, 0.29) is 6.10 Å². The van der Waals surface area contributed by atoms with Crippen molar-refractivity contribution in [2.45, 2.75) is 25.7 Å². The number of rotatable bonds is 4. The normalized spacial score (nSPS) is 15.9. The molecule has 1 aliphatic heterocycles. The summed E-state index contributed by atoms with van der Waals surface area (Å²) in [7, 11) is 2.06. The van der Waals surface area contributed by atoms with Crippen LogP contribution in [0.15, 0.2) is 30.3 Å². The van der Waals surface area contributed by atoms with Gasteiger partial charge in [0.2, 0.25) is 0 Å². The smallest absolute Gasteiger partial charge is 0.486 e. The second kappa shape index (κ2) is 8.76. The number of carboxylic acids is 1. The molecule has 0 radical (unpaired) electrons. The van der Waals surface area contributed by atoms with E-state index in [0.29, 0.717) is 6.61 Å². The summed E-state index contributed by atoms with van der Waals surface area (Å²) >= 11 is 0. The van der Waals surface area contributed by atoms with Gasteiger partial charge in [0.05, 0.1) is 5.69 Å². The van der Waals surface area contributed by atoms with Gasteiger partial charge in [-0.05, 0) is 32.2 Å². The molecule has 0 fully saturated rings. The highest BCUT2D eigenvalue weighted by atomic mass is 19.4. The molecule has 2 aromatic rings. The number of nitrogens with one attached hydrogen (secondary N) is 1. The van der Waals surface area contributed by atoms with Crippen LogP contribution in [0.1, 0.15) is 11.4 Å². The molecular formula is C17H20F3N3O4. The molecule has 1 unspecified atom stereocenters. The largest absolute Gasteiger partial charge is 0.490 e. The molecule has 1 atom stereocenters. The number of fused-ring (bicyclic) bond motifs is 1. The molecule has 0 amide bonds. The quantitative estimate of drug-likeness (QED) is 0.839. The highest BCUT2D eigenvalue weighted by molar-refractivity contribution is 5.73. The van der Waals surface area contributed by atoms with E-state index in [0.717, 1.165) is 36.0 Å². The number of carboxylic acid groups (broad SMARTS) is 1. The van der Waals surface area contributed by atoms with Gasteiger partial charge < -0.3 is 14.6 Å². The number of aromatic nitrogens is 2. The lowest BCUT2D eigenvalue weighted by Crippen LogP contribution is -2.39. The Bertz CT molecular complexity index is 764. The Labute approximate surface area is 153 Å². The van der Waals surface area contributed by atoms with Crippen molar-refractivity contribution in [3.05, 3.63) is 41.7 Å². The average Bonchev–Trinajstić information content (AvgIpc) is 2.99. The third kappa shape index (κ3) is 6.48. The fourth-order valence-corrected chi connectivity index (χ4v) is 2.40. The number of ether oxygens (including phenoxy) is 2. The number of aliphatic carboxylic acids is 1. The molecule has 1 aromatic heterocycles. The van der Waals surface area contributed by atoms with Crippen LogP contribution < -0.4 is 9.47 Å². The third-order valence-corrected chi connectivity index (χ3v) is 3.52. The number of halogens is 3. The van der Waals surface area contributed by atoms with Crippen molar-refractivity contribution in [3.8, 4) is 11.5 Å². The molecule has 0 saturated heterocycles. The highest BCUT2D eigenvalue weighted by Gasteiger charge is 2.38. The standard InChI is InChI=1S/C15H19N3O2.C2HF3O2/c1-11-7-12(17-16-11)8-18(2)9-13-10-19-14-5-3-4-6-15(14)20-13;3-2(4,5)1(6)7/h3-7,13H,8-10H2,1-2H3,(H,16,17);(H,6,7). The van der Waals surface area contributed by atoms with Crippen molar-refractivity contribution in [2.75, 3.05) is 20.2 Å². The van der Waals surface area contributed by atoms with Crippen LogP contribution in [0.3, 0.4) is 0 Å². The van der Waals surface area contributed by atoms with Crippen LogP contribution in [0, 0.1) is 6.92 Å². The number of nitrogens with zero attached hydrogens (tertiary/aromatic N) is 2. The fraction of sp³-hybridized carbons (Fsp3) is 0.412. The lowest BCUT2D eigenvalue weighted by molar-refractivity contribution is -0.192. The molecule has 0 aliphatic carbocycles. The first-order valence-electron chi connectivity index (χ1n) is 8.03. The summed E-state index contributed by atoms with van der Waals surface area (Å²) in [6, 6.07) is 9.85. The van der Waals surface area contributed by atoms with Crippen LogP contribution in [0.2, 0.25) is 0 Å². The van der Waals surface area contributed by atoms with Crippen LogP contribution in [0.25, 0.3) is 0 Å². The van der Waals surface area contributed by atoms with Crippen molar-refractivity contribution in [2.24, 2.45) is 0 Å². The maximum Gasteiger partial charge on any atom is 0.490 e. The first kappa shape index (κ1) is 20.6. The van der Waals surface area contributed by atoms with Gasteiger partial charge in [-0.2, -0.15) is 18.3 Å². The summed E-state index contributed by atoms with van der Waals surface area (Å²) in [6.45, 7) is 4.19. The van der Waals surface area contributed by atoms with Crippen molar-refractivity contribution in [3.63, 3.8) is 0 Å². The predicted octanol–water partition coefficient (Wildman–Crippen LogP) is 2.62. The van der Waals surface area contributed by atoms with Crippen LogP contribution in [-0.2, 0) is 11.3 Å². The summed E-state index contributed by atoms with van der Waals surface area (Å²) in [5.41, 5.74) is 2.13. The maximum atomic E-state index is 10.6. The van der Waals surface area contributed by atoms with Crippen molar-refractivity contribution in [1.82, 2.24) is 15.1 Å². The number of para-hydroxylation sites is 2. The van der Waals surface area contributed by atoms with E-state index in [1.165, 1.54) is 0 Å². The maximum absolute atomic E-state index is 10.6. The molecule has 1 aromatic carbocycles. The molecule has 0 spiro atoms. The SMILES string of the molecule is Cc1cc(CN(C)CC2COc3ccccc3O2)n[nH]1.O=C(O)C(F)(F)F. The Kier molecular flexibility index (Phi) is 6.67. The Morgan fingerprint density at radius 1 is 1.37 bits per heavy atom. The molecule has 3 rings (SSSR count). The lowest BCUT2D eigenvalue weighted by Gasteiger charge is -2.29. The summed E-state index contributed by atoms with van der Waals surface area (Å²) in [5.74, 6) is -1.10. The molecule has 10 heteroatoms. The van der Waals surface area contributed by atoms with Gasteiger partial charge in [-0.25, -0.2) is 4.79 Å². The first-order chi connectivity index (χ1) is 12.6. The van der Waals surface area contributed by atoms with Gasteiger partial charge in [0.15, 0.2) is 11.5 Å². The predicted molar refractivity (Wildman–Crippen MR) is 89.7 cm³/mol. The fourth-order valence-electron chi connectivity index (χ4n) is 2.40. The number of aromatic amines is 1. The zero-order valence-electron chi connectivity index (χ0n) is 14.8. The van der Waals surface area contributed by atoms with Gasteiger partial charge in [-0.15, -0.1) is 0 Å². The minimum Gasteiger partial charge on any atom is -0.486 e. The highest BCUT2D eigenvalue weighted by Crippen LogP contribution is 2.30. The summed E-state index contributed by atoms with van der Waals surface area (Å²) in [6.07, 6.45) is -5.03. The van der Waals surface area contributed by atoms with Crippen molar-refractivity contribution in [1.29, 1.82) is 0 Å². The van der Waals surface area contributed by atoms with Crippen LogP contribution in [-0.4, -0.2) is 58.7 Å². The Morgan fingerprint density at radius 2 is 2.00 bits per heavy atom.